The third-order valence-corrected chi connectivity index (χ3v) is 6.59. The van der Waals surface area contributed by atoms with Crippen LogP contribution in [0.2, 0.25) is 0 Å². The molecule has 29 heavy (non-hydrogen) atoms. The standard InChI is InChI=1S/C23H23N5O/c1-13-17(14(2)28-23(26-13)16(11-24)12-25-28)9-10-20(29)27-22-19-8-7-15-5-3-4-6-18(15)21(19)22/h3-6,12,19,21-22H,7-10H2,1-2H3,(H,27,29)/t19-,21+,22-/m1/s1. The molecule has 1 amide bonds. The molecule has 3 atom stereocenters. The van der Waals surface area contributed by atoms with Crippen LogP contribution in [0.3, 0.4) is 0 Å². The Morgan fingerprint density at radius 1 is 1.34 bits per heavy atom. The smallest absolute Gasteiger partial charge is 0.220 e. The van der Waals surface area contributed by atoms with Gasteiger partial charge in [-0.2, -0.15) is 10.4 Å². The highest BCUT2D eigenvalue weighted by Crippen LogP contribution is 2.54. The lowest BCUT2D eigenvalue weighted by Gasteiger charge is -2.13. The topological polar surface area (TPSA) is 83.1 Å². The fraction of sp³-hybridized carbons (Fsp3) is 0.391. The minimum Gasteiger partial charge on any atom is -0.352 e. The molecule has 2 heterocycles. The van der Waals surface area contributed by atoms with Crippen molar-refractivity contribution in [2.75, 3.05) is 0 Å². The van der Waals surface area contributed by atoms with E-state index in [1.807, 2.05) is 13.8 Å². The molecule has 146 valence electrons. The van der Waals surface area contributed by atoms with Crippen LogP contribution in [0, 0.1) is 31.1 Å². The normalized spacial score (nSPS) is 21.9. The summed E-state index contributed by atoms with van der Waals surface area (Å²) in [6.45, 7) is 3.90. The van der Waals surface area contributed by atoms with Crippen LogP contribution in [-0.4, -0.2) is 26.5 Å². The summed E-state index contributed by atoms with van der Waals surface area (Å²) in [5.41, 5.74) is 6.73. The van der Waals surface area contributed by atoms with Crippen molar-refractivity contribution in [3.8, 4) is 6.07 Å². The molecule has 0 spiro atoms. The summed E-state index contributed by atoms with van der Waals surface area (Å²) in [6.07, 6.45) is 4.86. The number of carbonyl (C=O) groups excluding carboxylic acids is 1. The van der Waals surface area contributed by atoms with Gasteiger partial charge in [0.1, 0.15) is 11.6 Å². The third kappa shape index (κ3) is 2.89. The van der Waals surface area contributed by atoms with Gasteiger partial charge in [-0.05, 0) is 55.7 Å². The average Bonchev–Trinajstić information content (AvgIpc) is 3.26. The second kappa shape index (κ2) is 6.70. The molecule has 1 N–H and O–H groups in total. The van der Waals surface area contributed by atoms with Crippen LogP contribution in [0.25, 0.3) is 5.65 Å². The molecular formula is C23H23N5O. The number of hydrogen-bond donors (Lipinski definition) is 1. The van der Waals surface area contributed by atoms with Crippen molar-refractivity contribution in [3.05, 3.63) is 64.1 Å². The highest BCUT2D eigenvalue weighted by molar-refractivity contribution is 5.77. The monoisotopic (exact) mass is 385 g/mol. The maximum atomic E-state index is 12.7. The molecule has 1 fully saturated rings. The predicted octanol–water partition coefficient (Wildman–Crippen LogP) is 3.00. The van der Waals surface area contributed by atoms with E-state index in [9.17, 15) is 10.1 Å². The lowest BCUT2D eigenvalue weighted by atomic mass is 9.92. The maximum absolute atomic E-state index is 12.7. The van der Waals surface area contributed by atoms with Crippen LogP contribution in [0.4, 0.5) is 0 Å². The summed E-state index contributed by atoms with van der Waals surface area (Å²) in [7, 11) is 0. The van der Waals surface area contributed by atoms with Crippen molar-refractivity contribution in [1.29, 1.82) is 5.26 Å². The fourth-order valence-electron chi connectivity index (χ4n) is 5.01. The number of aromatic nitrogens is 3. The Kier molecular flexibility index (Phi) is 4.13. The minimum atomic E-state index is 0.0963. The number of carbonyl (C=O) groups is 1. The minimum absolute atomic E-state index is 0.0963. The Balaban J connectivity index is 1.27. The Bertz CT molecular complexity index is 1170. The first-order valence-corrected chi connectivity index (χ1v) is 10.2. The van der Waals surface area contributed by atoms with E-state index in [0.717, 1.165) is 29.8 Å². The van der Waals surface area contributed by atoms with E-state index in [0.29, 0.717) is 35.9 Å². The molecule has 0 saturated heterocycles. The number of hydrogen-bond acceptors (Lipinski definition) is 4. The number of aryl methyl sites for hydroxylation is 3. The van der Waals surface area contributed by atoms with Gasteiger partial charge in [-0.25, -0.2) is 9.50 Å². The first-order valence-electron chi connectivity index (χ1n) is 10.2. The first-order chi connectivity index (χ1) is 14.1. The SMILES string of the molecule is Cc1nc2c(C#N)cnn2c(C)c1CCC(=O)N[C@@H]1[C@@H]2CCc3ccccc3[C@@H]21. The largest absolute Gasteiger partial charge is 0.352 e. The molecule has 6 heteroatoms. The molecule has 6 nitrogen and oxygen atoms in total. The van der Waals surface area contributed by atoms with Gasteiger partial charge in [0, 0.05) is 29.8 Å². The van der Waals surface area contributed by atoms with Crippen LogP contribution >= 0.6 is 0 Å². The molecule has 0 bridgehead atoms. The number of nitriles is 1. The zero-order valence-corrected chi connectivity index (χ0v) is 16.6. The molecule has 1 saturated carbocycles. The van der Waals surface area contributed by atoms with E-state index in [2.05, 4.69) is 45.7 Å². The molecule has 2 aromatic heterocycles. The molecule has 0 unspecified atom stereocenters. The second-order valence-electron chi connectivity index (χ2n) is 8.19. The van der Waals surface area contributed by atoms with E-state index in [1.54, 1.807) is 4.52 Å². The fourth-order valence-corrected chi connectivity index (χ4v) is 5.01. The van der Waals surface area contributed by atoms with Gasteiger partial charge >= 0.3 is 0 Å². The van der Waals surface area contributed by atoms with Gasteiger partial charge in [0.2, 0.25) is 5.91 Å². The number of amides is 1. The van der Waals surface area contributed by atoms with Gasteiger partial charge in [0.15, 0.2) is 5.65 Å². The molecule has 5 rings (SSSR count). The molecule has 1 aromatic carbocycles. The van der Waals surface area contributed by atoms with Crippen LogP contribution in [0.5, 0.6) is 0 Å². The number of rotatable bonds is 4. The van der Waals surface area contributed by atoms with Crippen LogP contribution in [-0.2, 0) is 17.6 Å². The van der Waals surface area contributed by atoms with Gasteiger partial charge in [-0.1, -0.05) is 24.3 Å². The molecule has 3 aromatic rings. The molecular weight excluding hydrogens is 362 g/mol. The van der Waals surface area contributed by atoms with Crippen molar-refractivity contribution < 1.29 is 4.79 Å². The van der Waals surface area contributed by atoms with Crippen LogP contribution in [0.1, 0.15) is 52.4 Å². The van der Waals surface area contributed by atoms with Gasteiger partial charge in [0.05, 0.1) is 6.20 Å². The summed E-state index contributed by atoms with van der Waals surface area (Å²) in [4.78, 5) is 17.2. The van der Waals surface area contributed by atoms with Gasteiger partial charge in [0.25, 0.3) is 0 Å². The van der Waals surface area contributed by atoms with Crippen molar-refractivity contribution in [3.63, 3.8) is 0 Å². The van der Waals surface area contributed by atoms with Crippen molar-refractivity contribution >= 4 is 11.6 Å². The Morgan fingerprint density at radius 2 is 2.17 bits per heavy atom. The van der Waals surface area contributed by atoms with Crippen molar-refractivity contribution in [1.82, 2.24) is 19.9 Å². The molecule has 0 aliphatic heterocycles. The second-order valence-corrected chi connectivity index (χ2v) is 8.19. The quantitative estimate of drug-likeness (QED) is 0.748. The van der Waals surface area contributed by atoms with E-state index >= 15 is 0 Å². The maximum Gasteiger partial charge on any atom is 0.220 e. The number of benzene rings is 1. The highest BCUT2D eigenvalue weighted by Gasteiger charge is 2.53. The summed E-state index contributed by atoms with van der Waals surface area (Å²) in [5.74, 6) is 1.17. The average molecular weight is 385 g/mol. The van der Waals surface area contributed by atoms with Crippen molar-refractivity contribution in [2.45, 2.75) is 51.5 Å². The van der Waals surface area contributed by atoms with Crippen molar-refractivity contribution in [2.24, 2.45) is 5.92 Å². The zero-order chi connectivity index (χ0) is 20.1. The van der Waals surface area contributed by atoms with Crippen LogP contribution < -0.4 is 5.32 Å². The number of fused-ring (bicyclic) bond motifs is 4. The summed E-state index contributed by atoms with van der Waals surface area (Å²) < 4.78 is 1.70. The van der Waals surface area contributed by atoms with E-state index in [1.165, 1.54) is 17.3 Å². The first kappa shape index (κ1) is 17.9. The van der Waals surface area contributed by atoms with E-state index in [4.69, 9.17) is 0 Å². The van der Waals surface area contributed by atoms with E-state index in [-0.39, 0.29) is 11.9 Å². The lowest BCUT2D eigenvalue weighted by Crippen LogP contribution is -2.28. The van der Waals surface area contributed by atoms with E-state index < -0.39 is 0 Å². The number of nitrogens with zero attached hydrogens (tertiary/aromatic N) is 4. The highest BCUT2D eigenvalue weighted by atomic mass is 16.1. The van der Waals surface area contributed by atoms with Gasteiger partial charge in [-0.3, -0.25) is 4.79 Å². The predicted molar refractivity (Wildman–Crippen MR) is 108 cm³/mol. The molecule has 2 aliphatic rings. The Morgan fingerprint density at radius 3 is 3.00 bits per heavy atom. The number of nitrogens with one attached hydrogen (secondary N) is 1. The summed E-state index contributed by atoms with van der Waals surface area (Å²) in [6, 6.07) is 11.0. The van der Waals surface area contributed by atoms with Gasteiger partial charge < -0.3 is 5.32 Å². The Hall–Kier alpha value is -3.20. The Labute approximate surface area is 169 Å². The molecule has 2 aliphatic carbocycles. The van der Waals surface area contributed by atoms with Crippen LogP contribution in [0.15, 0.2) is 30.5 Å². The summed E-state index contributed by atoms with van der Waals surface area (Å²) >= 11 is 0. The lowest BCUT2D eigenvalue weighted by molar-refractivity contribution is -0.121. The summed E-state index contributed by atoms with van der Waals surface area (Å²) in [5, 5.41) is 16.7. The zero-order valence-electron chi connectivity index (χ0n) is 16.6. The van der Waals surface area contributed by atoms with Gasteiger partial charge in [-0.15, -0.1) is 0 Å². The molecule has 0 radical (unpaired) electrons. The third-order valence-electron chi connectivity index (χ3n) is 6.59.